The van der Waals surface area contributed by atoms with Crippen LogP contribution in [0.4, 0.5) is 11.6 Å². The number of aromatic nitrogens is 2. The van der Waals surface area contributed by atoms with Gasteiger partial charge in [-0.25, -0.2) is 9.97 Å². The van der Waals surface area contributed by atoms with Crippen molar-refractivity contribution >= 4 is 11.6 Å². The fourth-order valence-electron chi connectivity index (χ4n) is 1.99. The third-order valence-electron chi connectivity index (χ3n) is 3.39. The summed E-state index contributed by atoms with van der Waals surface area (Å²) < 4.78 is 5.62. The van der Waals surface area contributed by atoms with Gasteiger partial charge in [0.2, 0.25) is 0 Å². The van der Waals surface area contributed by atoms with E-state index < -0.39 is 0 Å². The van der Waals surface area contributed by atoms with Gasteiger partial charge in [-0.2, -0.15) is 0 Å². The molecule has 20 heavy (non-hydrogen) atoms. The molecule has 5 nitrogen and oxygen atoms in total. The third kappa shape index (κ3) is 4.63. The van der Waals surface area contributed by atoms with Crippen molar-refractivity contribution in [3.05, 3.63) is 11.4 Å². The second-order valence-electron chi connectivity index (χ2n) is 5.46. The minimum atomic E-state index is 0.733. The summed E-state index contributed by atoms with van der Waals surface area (Å²) in [6.07, 6.45) is 3.76. The molecule has 0 atom stereocenters. The van der Waals surface area contributed by atoms with Crippen molar-refractivity contribution in [2.45, 2.75) is 40.0 Å². The molecule has 5 heteroatoms. The van der Waals surface area contributed by atoms with Crippen LogP contribution in [-0.4, -0.2) is 36.3 Å². The Balaban J connectivity index is 1.83. The molecule has 0 aromatic carbocycles. The summed E-state index contributed by atoms with van der Waals surface area (Å²) in [6.45, 7) is 9.48. The van der Waals surface area contributed by atoms with Gasteiger partial charge >= 0.3 is 0 Å². The van der Waals surface area contributed by atoms with Gasteiger partial charge in [0.05, 0.1) is 6.61 Å². The van der Waals surface area contributed by atoms with Crippen LogP contribution in [-0.2, 0) is 4.74 Å². The Kier molecular flexibility index (Phi) is 5.59. The highest BCUT2D eigenvalue weighted by atomic mass is 16.5. The van der Waals surface area contributed by atoms with E-state index in [9.17, 15) is 0 Å². The molecule has 1 heterocycles. The molecule has 0 amide bonds. The zero-order valence-corrected chi connectivity index (χ0v) is 12.8. The fraction of sp³-hybridized carbons (Fsp3) is 0.733. The molecule has 1 aromatic heterocycles. The third-order valence-corrected chi connectivity index (χ3v) is 3.39. The van der Waals surface area contributed by atoms with Crippen LogP contribution >= 0.6 is 0 Å². The van der Waals surface area contributed by atoms with Gasteiger partial charge < -0.3 is 15.4 Å². The van der Waals surface area contributed by atoms with Crippen LogP contribution in [0.3, 0.4) is 0 Å². The lowest BCUT2D eigenvalue weighted by Crippen LogP contribution is -2.15. The summed E-state index contributed by atoms with van der Waals surface area (Å²) in [7, 11) is 0. The normalized spacial score (nSPS) is 14.3. The molecule has 2 rings (SSSR count). The molecule has 0 saturated heterocycles. The topological polar surface area (TPSA) is 59.1 Å². The molecule has 1 aliphatic rings. The van der Waals surface area contributed by atoms with E-state index in [1.807, 2.05) is 13.8 Å². The van der Waals surface area contributed by atoms with Gasteiger partial charge in [-0.1, -0.05) is 6.92 Å². The van der Waals surface area contributed by atoms with Crippen molar-refractivity contribution in [3.63, 3.8) is 0 Å². The van der Waals surface area contributed by atoms with Crippen molar-refractivity contribution in [2.24, 2.45) is 5.92 Å². The van der Waals surface area contributed by atoms with Crippen LogP contribution < -0.4 is 10.6 Å². The molecule has 1 saturated carbocycles. The van der Waals surface area contributed by atoms with E-state index in [0.29, 0.717) is 0 Å². The maximum atomic E-state index is 5.62. The molecule has 1 aliphatic carbocycles. The van der Waals surface area contributed by atoms with Gasteiger partial charge in [0.25, 0.3) is 0 Å². The average Bonchev–Trinajstić information content (AvgIpc) is 3.24. The van der Waals surface area contributed by atoms with Gasteiger partial charge in [-0.15, -0.1) is 0 Å². The van der Waals surface area contributed by atoms with Crippen LogP contribution in [0.1, 0.15) is 37.6 Å². The van der Waals surface area contributed by atoms with Crippen LogP contribution in [0.2, 0.25) is 0 Å². The highest BCUT2D eigenvalue weighted by molar-refractivity contribution is 5.57. The van der Waals surface area contributed by atoms with Crippen molar-refractivity contribution in [1.29, 1.82) is 0 Å². The van der Waals surface area contributed by atoms with Crippen molar-refractivity contribution < 1.29 is 4.74 Å². The molecular formula is C15H26N4O. The summed E-state index contributed by atoms with van der Waals surface area (Å²) in [4.78, 5) is 8.92. The number of hydrogen-bond donors (Lipinski definition) is 2. The van der Waals surface area contributed by atoms with Crippen molar-refractivity contribution in [1.82, 2.24) is 9.97 Å². The zero-order valence-electron chi connectivity index (χ0n) is 12.8. The lowest BCUT2D eigenvalue weighted by Gasteiger charge is -2.14. The molecule has 0 aliphatic heterocycles. The van der Waals surface area contributed by atoms with Gasteiger partial charge in [0, 0.05) is 25.3 Å². The standard InChI is InChI=1S/C15H26N4O/c1-4-7-16-14-11(2)15(19-12(3)18-14)17-8-9-20-10-13-5-6-13/h13H,4-10H2,1-3H3,(H2,16,17,18,19). The summed E-state index contributed by atoms with van der Waals surface area (Å²) in [5, 5.41) is 6.69. The Morgan fingerprint density at radius 2 is 1.75 bits per heavy atom. The van der Waals surface area contributed by atoms with Gasteiger partial charge in [-0.3, -0.25) is 0 Å². The van der Waals surface area contributed by atoms with Crippen molar-refractivity contribution in [3.8, 4) is 0 Å². The van der Waals surface area contributed by atoms with E-state index in [2.05, 4.69) is 27.5 Å². The van der Waals surface area contributed by atoms with Crippen LogP contribution in [0.15, 0.2) is 0 Å². The van der Waals surface area contributed by atoms with Gasteiger partial charge in [0.1, 0.15) is 17.5 Å². The lowest BCUT2D eigenvalue weighted by molar-refractivity contribution is 0.134. The highest BCUT2D eigenvalue weighted by Gasteiger charge is 2.20. The maximum Gasteiger partial charge on any atom is 0.134 e. The molecule has 2 N–H and O–H groups in total. The molecule has 0 spiro atoms. The number of nitrogens with zero attached hydrogens (tertiary/aromatic N) is 2. The molecule has 0 unspecified atom stereocenters. The molecule has 1 aromatic rings. The van der Waals surface area contributed by atoms with Crippen LogP contribution in [0, 0.1) is 19.8 Å². The molecular weight excluding hydrogens is 252 g/mol. The number of ether oxygens (including phenoxy) is 1. The summed E-state index contributed by atoms with van der Waals surface area (Å²) in [5.74, 6) is 3.45. The predicted molar refractivity (Wildman–Crippen MR) is 82.3 cm³/mol. The lowest BCUT2D eigenvalue weighted by atomic mass is 10.3. The van der Waals surface area contributed by atoms with Crippen LogP contribution in [0.5, 0.6) is 0 Å². The Bertz CT molecular complexity index is 432. The second-order valence-corrected chi connectivity index (χ2v) is 5.46. The summed E-state index contributed by atoms with van der Waals surface area (Å²) in [6, 6.07) is 0. The maximum absolute atomic E-state index is 5.62. The first-order chi connectivity index (χ1) is 9.70. The quantitative estimate of drug-likeness (QED) is 0.680. The second kappa shape index (κ2) is 7.43. The number of rotatable bonds is 9. The monoisotopic (exact) mass is 278 g/mol. The van der Waals surface area contributed by atoms with Gasteiger partial charge in [0.15, 0.2) is 0 Å². The summed E-state index contributed by atoms with van der Waals surface area (Å²) in [5.41, 5.74) is 1.08. The number of nitrogens with one attached hydrogen (secondary N) is 2. The van der Waals surface area contributed by atoms with Crippen molar-refractivity contribution in [2.75, 3.05) is 36.9 Å². The van der Waals surface area contributed by atoms with Gasteiger partial charge in [-0.05, 0) is 39.0 Å². The number of aryl methyl sites for hydroxylation is 1. The van der Waals surface area contributed by atoms with E-state index in [1.165, 1.54) is 12.8 Å². The number of anilines is 2. The minimum Gasteiger partial charge on any atom is -0.379 e. The van der Waals surface area contributed by atoms with E-state index in [1.54, 1.807) is 0 Å². The molecule has 0 radical (unpaired) electrons. The minimum absolute atomic E-state index is 0.733. The Morgan fingerprint density at radius 1 is 1.10 bits per heavy atom. The van der Waals surface area contributed by atoms with E-state index in [0.717, 1.165) is 61.7 Å². The van der Waals surface area contributed by atoms with Crippen LogP contribution in [0.25, 0.3) is 0 Å². The molecule has 0 bridgehead atoms. The first-order valence-corrected chi connectivity index (χ1v) is 7.61. The SMILES string of the molecule is CCCNc1nc(C)nc(NCCOCC2CC2)c1C. The van der Waals surface area contributed by atoms with E-state index in [-0.39, 0.29) is 0 Å². The zero-order chi connectivity index (χ0) is 14.4. The smallest absolute Gasteiger partial charge is 0.134 e. The first-order valence-electron chi connectivity index (χ1n) is 7.61. The summed E-state index contributed by atoms with van der Waals surface area (Å²) >= 11 is 0. The highest BCUT2D eigenvalue weighted by Crippen LogP contribution is 2.28. The number of hydrogen-bond acceptors (Lipinski definition) is 5. The Labute approximate surface area is 121 Å². The first kappa shape index (κ1) is 15.0. The Hall–Kier alpha value is -1.36. The fourth-order valence-corrected chi connectivity index (χ4v) is 1.99. The molecule has 1 fully saturated rings. The Morgan fingerprint density at radius 3 is 2.35 bits per heavy atom. The van der Waals surface area contributed by atoms with E-state index in [4.69, 9.17) is 4.74 Å². The van der Waals surface area contributed by atoms with E-state index >= 15 is 0 Å². The predicted octanol–water partition coefficient (Wildman–Crippen LogP) is 2.75. The largest absolute Gasteiger partial charge is 0.379 e. The average molecular weight is 278 g/mol. The molecule has 112 valence electrons.